The van der Waals surface area contributed by atoms with Crippen molar-refractivity contribution in [1.29, 1.82) is 0 Å². The molecular formula is C14H15N2O+. The van der Waals surface area contributed by atoms with Crippen LogP contribution in [-0.4, -0.2) is 7.11 Å². The number of nitrogens with zero attached hydrogens (tertiary/aromatic N) is 1. The molecule has 2 aromatic rings. The molecule has 3 nitrogen and oxygen atoms in total. The summed E-state index contributed by atoms with van der Waals surface area (Å²) in [6.45, 7) is 1.00. The van der Waals surface area contributed by atoms with E-state index >= 15 is 0 Å². The van der Waals surface area contributed by atoms with Crippen LogP contribution >= 0.6 is 0 Å². The van der Waals surface area contributed by atoms with Gasteiger partial charge in [0.15, 0.2) is 6.54 Å². The van der Waals surface area contributed by atoms with Crippen LogP contribution < -0.4 is 15.0 Å². The lowest BCUT2D eigenvalue weighted by Crippen LogP contribution is -2.33. The molecule has 0 aliphatic carbocycles. The van der Waals surface area contributed by atoms with Gasteiger partial charge < -0.3 is 10.5 Å². The van der Waals surface area contributed by atoms with Crippen LogP contribution in [0.1, 0.15) is 12.1 Å². The molecule has 3 heteroatoms. The van der Waals surface area contributed by atoms with Crippen molar-refractivity contribution in [2.45, 2.75) is 13.0 Å². The number of methoxy groups -OCH3 is 1. The molecule has 1 aromatic carbocycles. The number of fused-ring (bicyclic) bond motifs is 3. The molecular weight excluding hydrogens is 212 g/mol. The lowest BCUT2D eigenvalue weighted by Gasteiger charge is -2.02. The Labute approximate surface area is 100 Å². The minimum atomic E-state index is 0.894. The van der Waals surface area contributed by atoms with E-state index in [0.29, 0.717) is 0 Å². The molecule has 0 bridgehead atoms. The summed E-state index contributed by atoms with van der Waals surface area (Å²) in [7, 11) is 1.69. The van der Waals surface area contributed by atoms with Crippen molar-refractivity contribution in [1.82, 2.24) is 0 Å². The third-order valence-corrected chi connectivity index (χ3v) is 3.37. The van der Waals surface area contributed by atoms with Gasteiger partial charge in [-0.25, -0.2) is 0 Å². The van der Waals surface area contributed by atoms with Crippen LogP contribution in [0.25, 0.3) is 16.5 Å². The maximum atomic E-state index is 5.64. The fourth-order valence-electron chi connectivity index (χ4n) is 2.48. The number of allylic oxidation sites excluding steroid dienone is 1. The first kappa shape index (κ1) is 10.1. The molecule has 0 radical (unpaired) electrons. The zero-order valence-electron chi connectivity index (χ0n) is 9.81. The SMILES string of the molecule is COc1ccc2c(ccc3[n+]2CC/C3=C\N)c1. The van der Waals surface area contributed by atoms with Crippen molar-refractivity contribution in [2.75, 3.05) is 7.11 Å². The number of hydrogen-bond acceptors (Lipinski definition) is 2. The topological polar surface area (TPSA) is 39.1 Å². The quantitative estimate of drug-likeness (QED) is 0.755. The standard InChI is InChI=1S/C14H14N2O/c1-17-12-3-5-13-10(8-12)2-4-14-11(9-15)6-7-16(13)14/h2-5,8-9,15H,6-7H2,1H3/p+1. The monoisotopic (exact) mass is 227 g/mol. The van der Waals surface area contributed by atoms with Crippen LogP contribution in [0.4, 0.5) is 0 Å². The molecule has 0 saturated heterocycles. The maximum absolute atomic E-state index is 5.64. The van der Waals surface area contributed by atoms with E-state index in [-0.39, 0.29) is 0 Å². The van der Waals surface area contributed by atoms with Crippen molar-refractivity contribution in [3.8, 4) is 5.75 Å². The van der Waals surface area contributed by atoms with Crippen molar-refractivity contribution >= 4 is 16.5 Å². The first-order valence-corrected chi connectivity index (χ1v) is 5.75. The minimum Gasteiger partial charge on any atom is -0.497 e. The second-order valence-corrected chi connectivity index (χ2v) is 4.24. The van der Waals surface area contributed by atoms with E-state index in [1.807, 2.05) is 6.07 Å². The molecule has 3 rings (SSSR count). The molecule has 0 amide bonds. The first-order valence-electron chi connectivity index (χ1n) is 5.75. The normalized spacial score (nSPS) is 16.4. The highest BCUT2D eigenvalue weighted by molar-refractivity contribution is 5.79. The molecule has 0 atom stereocenters. The molecule has 1 aliphatic heterocycles. The second-order valence-electron chi connectivity index (χ2n) is 4.24. The van der Waals surface area contributed by atoms with Gasteiger partial charge in [0.05, 0.1) is 12.5 Å². The predicted octanol–water partition coefficient (Wildman–Crippen LogP) is 1.84. The number of nitrogens with two attached hydrogens (primary N) is 1. The lowest BCUT2D eigenvalue weighted by molar-refractivity contribution is -0.663. The highest BCUT2D eigenvalue weighted by atomic mass is 16.5. The lowest BCUT2D eigenvalue weighted by atomic mass is 10.1. The van der Waals surface area contributed by atoms with Crippen LogP contribution in [0.5, 0.6) is 5.75 Å². The van der Waals surface area contributed by atoms with Crippen molar-refractivity contribution in [2.24, 2.45) is 5.73 Å². The summed E-state index contributed by atoms with van der Waals surface area (Å²) < 4.78 is 7.56. The molecule has 0 fully saturated rings. The van der Waals surface area contributed by atoms with Gasteiger partial charge in [0, 0.05) is 30.3 Å². The van der Waals surface area contributed by atoms with Gasteiger partial charge in [-0.15, -0.1) is 0 Å². The van der Waals surface area contributed by atoms with Gasteiger partial charge >= 0.3 is 0 Å². The summed E-state index contributed by atoms with van der Waals surface area (Å²) in [6.07, 6.45) is 2.73. The number of benzene rings is 1. The Morgan fingerprint density at radius 3 is 2.94 bits per heavy atom. The van der Waals surface area contributed by atoms with Crippen LogP contribution in [0.2, 0.25) is 0 Å². The summed E-state index contributed by atoms with van der Waals surface area (Å²) in [6, 6.07) is 10.4. The van der Waals surface area contributed by atoms with Crippen LogP contribution in [0.15, 0.2) is 36.5 Å². The minimum absolute atomic E-state index is 0.894. The van der Waals surface area contributed by atoms with Gasteiger partial charge in [-0.05, 0) is 18.2 Å². The van der Waals surface area contributed by atoms with Crippen molar-refractivity contribution < 1.29 is 9.30 Å². The van der Waals surface area contributed by atoms with Crippen LogP contribution in [-0.2, 0) is 6.54 Å². The van der Waals surface area contributed by atoms with E-state index in [0.717, 1.165) is 18.7 Å². The van der Waals surface area contributed by atoms with E-state index in [4.69, 9.17) is 10.5 Å². The van der Waals surface area contributed by atoms with E-state index in [1.54, 1.807) is 13.3 Å². The third-order valence-electron chi connectivity index (χ3n) is 3.37. The summed E-state index contributed by atoms with van der Waals surface area (Å²) >= 11 is 0. The van der Waals surface area contributed by atoms with Gasteiger partial charge in [-0.3, -0.25) is 0 Å². The molecule has 1 aromatic heterocycles. The number of pyridine rings is 1. The maximum Gasteiger partial charge on any atom is 0.213 e. The van der Waals surface area contributed by atoms with Gasteiger partial charge in [0.25, 0.3) is 0 Å². The number of aryl methyl sites for hydroxylation is 1. The van der Waals surface area contributed by atoms with Crippen LogP contribution in [0, 0.1) is 0 Å². The fourth-order valence-corrected chi connectivity index (χ4v) is 2.48. The summed E-state index contributed by atoms with van der Waals surface area (Å²) in [5.74, 6) is 0.894. The largest absolute Gasteiger partial charge is 0.497 e. The first-order chi connectivity index (χ1) is 8.33. The zero-order chi connectivity index (χ0) is 11.8. The van der Waals surface area contributed by atoms with Crippen LogP contribution in [0.3, 0.4) is 0 Å². The fraction of sp³-hybridized carbons (Fsp3) is 0.214. The van der Waals surface area contributed by atoms with Gasteiger partial charge in [-0.2, -0.15) is 4.57 Å². The highest BCUT2D eigenvalue weighted by Gasteiger charge is 2.26. The van der Waals surface area contributed by atoms with E-state index < -0.39 is 0 Å². The Balaban J connectivity index is 2.27. The number of ether oxygens (including phenoxy) is 1. The van der Waals surface area contributed by atoms with Gasteiger partial charge in [0.1, 0.15) is 5.75 Å². The Kier molecular flexibility index (Phi) is 2.25. The number of aromatic nitrogens is 1. The zero-order valence-corrected chi connectivity index (χ0v) is 9.81. The molecule has 0 unspecified atom stereocenters. The van der Waals surface area contributed by atoms with E-state index in [1.165, 1.54) is 22.2 Å². The predicted molar refractivity (Wildman–Crippen MR) is 67.5 cm³/mol. The Bertz CT molecular complexity index is 617. The van der Waals surface area contributed by atoms with Gasteiger partial charge in [-0.1, -0.05) is 0 Å². The van der Waals surface area contributed by atoms with E-state index in [9.17, 15) is 0 Å². The number of rotatable bonds is 1. The smallest absolute Gasteiger partial charge is 0.213 e. The summed E-state index contributed by atoms with van der Waals surface area (Å²) in [4.78, 5) is 0. The summed E-state index contributed by atoms with van der Waals surface area (Å²) in [5.41, 5.74) is 9.33. The molecule has 1 aliphatic rings. The van der Waals surface area contributed by atoms with Gasteiger partial charge in [0.2, 0.25) is 11.2 Å². The average molecular weight is 227 g/mol. The Morgan fingerprint density at radius 1 is 1.29 bits per heavy atom. The molecule has 0 spiro atoms. The van der Waals surface area contributed by atoms with Crippen molar-refractivity contribution in [3.05, 3.63) is 42.2 Å². The highest BCUT2D eigenvalue weighted by Crippen LogP contribution is 2.25. The number of hydrogen-bond donors (Lipinski definition) is 1. The van der Waals surface area contributed by atoms with Crippen molar-refractivity contribution in [3.63, 3.8) is 0 Å². The Hall–Kier alpha value is -2.03. The third kappa shape index (κ3) is 1.46. The average Bonchev–Trinajstić information content (AvgIpc) is 2.81. The second kappa shape index (κ2) is 3.77. The molecule has 0 saturated carbocycles. The molecule has 2 heterocycles. The molecule has 86 valence electrons. The molecule has 17 heavy (non-hydrogen) atoms. The molecule has 2 N–H and O–H groups in total. The van der Waals surface area contributed by atoms with E-state index in [2.05, 4.69) is 28.8 Å². The Morgan fingerprint density at radius 2 is 2.18 bits per heavy atom. The summed E-state index contributed by atoms with van der Waals surface area (Å²) in [5, 5.41) is 1.20.